The number of rotatable bonds is 3. The highest BCUT2D eigenvalue weighted by atomic mass is 16.5. The predicted molar refractivity (Wildman–Crippen MR) is 66.6 cm³/mol. The molecule has 0 unspecified atom stereocenters. The van der Waals surface area contributed by atoms with E-state index in [4.69, 9.17) is 10.5 Å². The van der Waals surface area contributed by atoms with E-state index in [0.29, 0.717) is 12.5 Å². The quantitative estimate of drug-likeness (QED) is 0.808. The first-order valence-corrected chi connectivity index (χ1v) is 6.72. The highest BCUT2D eigenvalue weighted by molar-refractivity contribution is 5.77. The van der Waals surface area contributed by atoms with Crippen molar-refractivity contribution in [2.45, 2.75) is 56.6 Å². The smallest absolute Gasteiger partial charge is 0.224 e. The second-order valence-corrected chi connectivity index (χ2v) is 5.56. The molecule has 0 aromatic carbocycles. The molecule has 0 radical (unpaired) electrons. The first-order valence-electron chi connectivity index (χ1n) is 6.72. The maximum atomic E-state index is 12.2. The van der Waals surface area contributed by atoms with Crippen molar-refractivity contribution in [2.75, 3.05) is 20.2 Å². The van der Waals surface area contributed by atoms with Crippen LogP contribution >= 0.6 is 0 Å². The Kier molecular flexibility index (Phi) is 4.05. The van der Waals surface area contributed by atoms with Crippen LogP contribution in [0.2, 0.25) is 0 Å². The molecule has 1 saturated heterocycles. The number of hydrogen-bond donors (Lipinski definition) is 1. The Bertz CT molecular complexity index is 267. The second-order valence-electron chi connectivity index (χ2n) is 5.56. The fourth-order valence-corrected chi connectivity index (χ4v) is 3.01. The minimum atomic E-state index is -0.213. The Labute approximate surface area is 103 Å². The molecule has 0 aromatic rings. The molecule has 1 saturated carbocycles. The molecule has 4 nitrogen and oxygen atoms in total. The number of hydrogen-bond acceptors (Lipinski definition) is 3. The third-order valence-electron chi connectivity index (χ3n) is 4.23. The van der Waals surface area contributed by atoms with Crippen LogP contribution in [0.25, 0.3) is 0 Å². The SMILES string of the molecule is COC1CCN(C(=O)CC2(N)CCCC2)CC1. The Hall–Kier alpha value is -0.610. The molecule has 4 heteroatoms. The molecule has 0 spiro atoms. The fraction of sp³-hybridized carbons (Fsp3) is 0.923. The van der Waals surface area contributed by atoms with Gasteiger partial charge in [-0.15, -0.1) is 0 Å². The summed E-state index contributed by atoms with van der Waals surface area (Å²) in [6.45, 7) is 1.65. The van der Waals surface area contributed by atoms with Crippen molar-refractivity contribution in [3.63, 3.8) is 0 Å². The molecule has 1 aliphatic carbocycles. The lowest BCUT2D eigenvalue weighted by Crippen LogP contribution is -2.46. The van der Waals surface area contributed by atoms with Crippen molar-refractivity contribution >= 4 is 5.91 Å². The van der Waals surface area contributed by atoms with Crippen LogP contribution in [0.5, 0.6) is 0 Å². The summed E-state index contributed by atoms with van der Waals surface area (Å²) in [7, 11) is 1.75. The van der Waals surface area contributed by atoms with Gasteiger partial charge in [-0.05, 0) is 25.7 Å². The van der Waals surface area contributed by atoms with Gasteiger partial charge in [-0.2, -0.15) is 0 Å². The van der Waals surface area contributed by atoms with E-state index in [1.807, 2.05) is 4.90 Å². The summed E-state index contributed by atoms with van der Waals surface area (Å²) in [6.07, 6.45) is 7.15. The normalized spacial score (nSPS) is 25.2. The zero-order valence-corrected chi connectivity index (χ0v) is 10.8. The molecular formula is C13H24N2O2. The topological polar surface area (TPSA) is 55.6 Å². The van der Waals surface area contributed by atoms with Gasteiger partial charge in [0.1, 0.15) is 0 Å². The average molecular weight is 240 g/mol. The second kappa shape index (κ2) is 5.36. The first-order chi connectivity index (χ1) is 8.13. The third kappa shape index (κ3) is 3.19. The van der Waals surface area contributed by atoms with Crippen LogP contribution in [-0.2, 0) is 9.53 Å². The van der Waals surface area contributed by atoms with Crippen LogP contribution in [0.1, 0.15) is 44.9 Å². The summed E-state index contributed by atoms with van der Waals surface area (Å²) in [4.78, 5) is 14.1. The van der Waals surface area contributed by atoms with Gasteiger partial charge in [0.15, 0.2) is 0 Å². The molecule has 1 heterocycles. The van der Waals surface area contributed by atoms with Gasteiger partial charge in [0.2, 0.25) is 5.91 Å². The summed E-state index contributed by atoms with van der Waals surface area (Å²) in [6, 6.07) is 0. The van der Waals surface area contributed by atoms with Crippen LogP contribution in [0.15, 0.2) is 0 Å². The van der Waals surface area contributed by atoms with E-state index in [0.717, 1.165) is 38.8 Å². The minimum Gasteiger partial charge on any atom is -0.381 e. The monoisotopic (exact) mass is 240 g/mol. The lowest BCUT2D eigenvalue weighted by Gasteiger charge is -2.33. The number of ether oxygens (including phenoxy) is 1. The Morgan fingerprint density at radius 2 is 1.94 bits per heavy atom. The molecule has 2 rings (SSSR count). The summed E-state index contributed by atoms with van der Waals surface area (Å²) in [5.74, 6) is 0.240. The van der Waals surface area contributed by atoms with Crippen molar-refractivity contribution in [3.8, 4) is 0 Å². The average Bonchev–Trinajstić information content (AvgIpc) is 2.76. The van der Waals surface area contributed by atoms with Crippen LogP contribution in [-0.4, -0.2) is 42.6 Å². The number of carbonyl (C=O) groups excluding carboxylic acids is 1. The van der Waals surface area contributed by atoms with Crippen LogP contribution < -0.4 is 5.73 Å². The van der Waals surface area contributed by atoms with Gasteiger partial charge >= 0.3 is 0 Å². The predicted octanol–water partition coefficient (Wildman–Crippen LogP) is 1.29. The number of amides is 1. The summed E-state index contributed by atoms with van der Waals surface area (Å²) in [5, 5.41) is 0. The molecule has 17 heavy (non-hydrogen) atoms. The summed E-state index contributed by atoms with van der Waals surface area (Å²) < 4.78 is 5.31. The van der Waals surface area contributed by atoms with E-state index in [1.165, 1.54) is 12.8 Å². The number of carbonyl (C=O) groups is 1. The van der Waals surface area contributed by atoms with Crippen LogP contribution in [0, 0.1) is 0 Å². The molecule has 1 amide bonds. The number of nitrogens with two attached hydrogens (primary N) is 1. The molecule has 98 valence electrons. The van der Waals surface area contributed by atoms with Crippen molar-refractivity contribution < 1.29 is 9.53 Å². The van der Waals surface area contributed by atoms with E-state index in [9.17, 15) is 4.79 Å². The van der Waals surface area contributed by atoms with Crippen molar-refractivity contribution in [1.82, 2.24) is 4.90 Å². The Balaban J connectivity index is 1.80. The van der Waals surface area contributed by atoms with Crippen molar-refractivity contribution in [3.05, 3.63) is 0 Å². The molecule has 0 atom stereocenters. The summed E-state index contributed by atoms with van der Waals surface area (Å²) >= 11 is 0. The zero-order valence-electron chi connectivity index (χ0n) is 10.8. The van der Waals surface area contributed by atoms with Gasteiger partial charge < -0.3 is 15.4 Å². The number of likely N-dealkylation sites (tertiary alicyclic amines) is 1. The lowest BCUT2D eigenvalue weighted by atomic mass is 9.93. The van der Waals surface area contributed by atoms with E-state index >= 15 is 0 Å². The Morgan fingerprint density at radius 3 is 2.47 bits per heavy atom. The molecule has 2 N–H and O–H groups in total. The first kappa shape index (κ1) is 12.8. The highest BCUT2D eigenvalue weighted by Crippen LogP contribution is 2.30. The lowest BCUT2D eigenvalue weighted by molar-refractivity contribution is -0.134. The van der Waals surface area contributed by atoms with E-state index in [-0.39, 0.29) is 11.4 Å². The fourth-order valence-electron chi connectivity index (χ4n) is 3.01. The summed E-state index contributed by atoms with van der Waals surface area (Å²) in [5.41, 5.74) is 6.03. The van der Waals surface area contributed by atoms with Crippen LogP contribution in [0.3, 0.4) is 0 Å². The van der Waals surface area contributed by atoms with E-state index in [1.54, 1.807) is 7.11 Å². The third-order valence-corrected chi connectivity index (χ3v) is 4.23. The molecule has 0 bridgehead atoms. The van der Waals surface area contributed by atoms with Crippen molar-refractivity contribution in [1.29, 1.82) is 0 Å². The highest BCUT2D eigenvalue weighted by Gasteiger charge is 2.34. The number of piperidine rings is 1. The molecule has 1 aliphatic heterocycles. The van der Waals surface area contributed by atoms with Gasteiger partial charge in [0.05, 0.1) is 6.10 Å². The molecule has 2 aliphatic rings. The number of methoxy groups -OCH3 is 1. The van der Waals surface area contributed by atoms with Gasteiger partial charge in [-0.1, -0.05) is 12.8 Å². The van der Waals surface area contributed by atoms with Crippen molar-refractivity contribution in [2.24, 2.45) is 5.73 Å². The van der Waals surface area contributed by atoms with Gasteiger partial charge in [-0.25, -0.2) is 0 Å². The standard InChI is InChI=1S/C13H24N2O2/c1-17-11-4-8-15(9-5-11)12(16)10-13(14)6-2-3-7-13/h11H,2-10,14H2,1H3. The van der Waals surface area contributed by atoms with E-state index in [2.05, 4.69) is 0 Å². The number of nitrogens with zero attached hydrogens (tertiary/aromatic N) is 1. The molecular weight excluding hydrogens is 216 g/mol. The molecule has 2 fully saturated rings. The van der Waals surface area contributed by atoms with Crippen LogP contribution in [0.4, 0.5) is 0 Å². The maximum Gasteiger partial charge on any atom is 0.224 e. The van der Waals surface area contributed by atoms with Gasteiger partial charge in [-0.3, -0.25) is 4.79 Å². The minimum absolute atomic E-state index is 0.213. The zero-order chi connectivity index (χ0) is 12.3. The van der Waals surface area contributed by atoms with Gasteiger partial charge in [0, 0.05) is 32.2 Å². The maximum absolute atomic E-state index is 12.2. The molecule has 0 aromatic heterocycles. The van der Waals surface area contributed by atoms with Gasteiger partial charge in [0.25, 0.3) is 0 Å². The van der Waals surface area contributed by atoms with E-state index < -0.39 is 0 Å². The largest absolute Gasteiger partial charge is 0.381 e. The Morgan fingerprint density at radius 1 is 1.35 bits per heavy atom.